The smallest absolute Gasteiger partial charge is 0.310 e. The number of aliphatic hydroxyl groups excluding tert-OH is 1. The van der Waals surface area contributed by atoms with Gasteiger partial charge in [-0.3, -0.25) is 10.2 Å². The Morgan fingerprint density at radius 1 is 1.25 bits per heavy atom. The second-order valence-corrected chi connectivity index (χ2v) is 6.51. The minimum Gasteiger partial charge on any atom is -0.509 e. The van der Waals surface area contributed by atoms with E-state index in [1.165, 1.54) is 0 Å². The van der Waals surface area contributed by atoms with E-state index >= 15 is 0 Å². The van der Waals surface area contributed by atoms with Gasteiger partial charge in [0.25, 0.3) is 0 Å². The van der Waals surface area contributed by atoms with E-state index in [-0.39, 0.29) is 30.5 Å². The lowest BCUT2D eigenvalue weighted by Gasteiger charge is -2.19. The van der Waals surface area contributed by atoms with Crippen molar-refractivity contribution in [3.8, 4) is 0 Å². The second-order valence-electron chi connectivity index (χ2n) is 6.51. The minimum absolute atomic E-state index is 0.0969. The quantitative estimate of drug-likeness (QED) is 0.592. The number of H-pyrrole nitrogens is 1. The molecular formula is C21H20N4O3. The van der Waals surface area contributed by atoms with Crippen LogP contribution in [-0.2, 0) is 16.0 Å². The van der Waals surface area contributed by atoms with Gasteiger partial charge < -0.3 is 19.7 Å². The minimum atomic E-state index is -0.268. The van der Waals surface area contributed by atoms with Crippen LogP contribution in [0.2, 0.25) is 0 Å². The largest absolute Gasteiger partial charge is 0.509 e. The number of hydrogen-bond acceptors (Lipinski definition) is 5. The number of amidine groups is 1. The molecular weight excluding hydrogens is 356 g/mol. The van der Waals surface area contributed by atoms with Crippen LogP contribution in [0.15, 0.2) is 54.3 Å². The number of fused-ring (bicyclic) bond motifs is 1. The number of aromatic amines is 1. The lowest BCUT2D eigenvalue weighted by molar-refractivity contribution is -0.142. The van der Waals surface area contributed by atoms with Gasteiger partial charge in [-0.1, -0.05) is 24.3 Å². The molecule has 142 valence electrons. The van der Waals surface area contributed by atoms with Crippen LogP contribution >= 0.6 is 0 Å². The van der Waals surface area contributed by atoms with Crippen LogP contribution in [0.3, 0.4) is 0 Å². The number of rotatable bonds is 5. The molecule has 3 aromatic rings. The summed E-state index contributed by atoms with van der Waals surface area (Å²) >= 11 is 0. The maximum atomic E-state index is 11.6. The van der Waals surface area contributed by atoms with Crippen LogP contribution in [0.4, 0.5) is 5.69 Å². The summed E-state index contributed by atoms with van der Waals surface area (Å²) in [6, 6.07) is 14.9. The van der Waals surface area contributed by atoms with E-state index in [9.17, 15) is 9.90 Å². The van der Waals surface area contributed by atoms with Gasteiger partial charge in [-0.05, 0) is 36.8 Å². The van der Waals surface area contributed by atoms with Crippen LogP contribution in [0.5, 0.6) is 0 Å². The van der Waals surface area contributed by atoms with Crippen molar-refractivity contribution in [3.05, 3.63) is 65.7 Å². The molecule has 0 fully saturated rings. The molecule has 7 heteroatoms. The molecule has 0 radical (unpaired) electrons. The first-order valence-corrected chi connectivity index (χ1v) is 9.05. The van der Waals surface area contributed by atoms with Gasteiger partial charge in [0.1, 0.15) is 17.4 Å². The van der Waals surface area contributed by atoms with Gasteiger partial charge in [0, 0.05) is 5.69 Å². The van der Waals surface area contributed by atoms with Crippen molar-refractivity contribution in [2.24, 2.45) is 0 Å². The molecule has 0 aliphatic carbocycles. The summed E-state index contributed by atoms with van der Waals surface area (Å²) in [5.41, 5.74) is 3.63. The third-order valence-electron chi connectivity index (χ3n) is 4.63. The predicted molar refractivity (Wildman–Crippen MR) is 107 cm³/mol. The molecule has 3 N–H and O–H groups in total. The van der Waals surface area contributed by atoms with Gasteiger partial charge >= 0.3 is 5.97 Å². The van der Waals surface area contributed by atoms with Crippen molar-refractivity contribution in [1.29, 1.82) is 5.41 Å². The maximum Gasteiger partial charge on any atom is 0.310 e. The number of imidazole rings is 1. The SMILES string of the molecule is CCOC(=O)Cc1ccc(N2CC(O)=C(c3nc4ccccc4[nH]3)C2=N)cc1. The van der Waals surface area contributed by atoms with Gasteiger partial charge in [0.2, 0.25) is 0 Å². The van der Waals surface area contributed by atoms with Gasteiger partial charge in [-0.2, -0.15) is 0 Å². The summed E-state index contributed by atoms with van der Waals surface area (Å²) in [7, 11) is 0. The fourth-order valence-electron chi connectivity index (χ4n) is 3.29. The van der Waals surface area contributed by atoms with E-state index < -0.39 is 0 Å². The molecule has 1 aromatic heterocycles. The Morgan fingerprint density at radius 2 is 2.00 bits per heavy atom. The second kappa shape index (κ2) is 7.19. The number of nitrogens with one attached hydrogen (secondary N) is 2. The average Bonchev–Trinajstić information content (AvgIpc) is 3.22. The summed E-state index contributed by atoms with van der Waals surface area (Å²) in [6.45, 7) is 2.33. The van der Waals surface area contributed by atoms with E-state index in [1.54, 1.807) is 11.8 Å². The maximum absolute atomic E-state index is 11.6. The molecule has 1 aliphatic heterocycles. The number of anilines is 1. The molecule has 0 bridgehead atoms. The number of nitrogens with zero attached hydrogens (tertiary/aromatic N) is 2. The van der Waals surface area contributed by atoms with Gasteiger partial charge in [-0.25, -0.2) is 4.98 Å². The zero-order valence-corrected chi connectivity index (χ0v) is 15.4. The first-order valence-electron chi connectivity index (χ1n) is 9.05. The molecule has 28 heavy (non-hydrogen) atoms. The first kappa shape index (κ1) is 17.8. The summed E-state index contributed by atoms with van der Waals surface area (Å²) in [6.07, 6.45) is 0.208. The van der Waals surface area contributed by atoms with Crippen molar-refractivity contribution >= 4 is 34.1 Å². The Kier molecular flexibility index (Phi) is 4.57. The molecule has 2 aromatic carbocycles. The fourth-order valence-corrected chi connectivity index (χ4v) is 3.29. The van der Waals surface area contributed by atoms with E-state index in [2.05, 4.69) is 9.97 Å². The van der Waals surface area contributed by atoms with Crippen LogP contribution in [-0.4, -0.2) is 40.0 Å². The summed E-state index contributed by atoms with van der Waals surface area (Å²) in [5, 5.41) is 19.0. The number of esters is 1. The van der Waals surface area contributed by atoms with Crippen molar-refractivity contribution in [1.82, 2.24) is 9.97 Å². The molecule has 0 spiro atoms. The van der Waals surface area contributed by atoms with Gasteiger partial charge in [0.05, 0.1) is 36.2 Å². The normalized spacial score (nSPS) is 14.2. The van der Waals surface area contributed by atoms with Crippen molar-refractivity contribution < 1.29 is 14.6 Å². The first-order chi connectivity index (χ1) is 13.6. The topological polar surface area (TPSA) is 102 Å². The standard InChI is InChI=1S/C21H20N4O3/c1-2-28-18(27)11-13-7-9-14(10-8-13)25-12-17(26)19(20(25)22)21-23-15-5-3-4-6-16(15)24-21/h3-10,22,26H,2,11-12H2,1H3,(H,23,24). The highest BCUT2D eigenvalue weighted by molar-refractivity contribution is 6.30. The van der Waals surface area contributed by atoms with Crippen LogP contribution < -0.4 is 4.90 Å². The van der Waals surface area contributed by atoms with E-state index in [4.69, 9.17) is 10.1 Å². The third kappa shape index (κ3) is 3.22. The number of para-hydroxylation sites is 2. The Morgan fingerprint density at radius 3 is 2.71 bits per heavy atom. The fraction of sp³-hybridized carbons (Fsp3) is 0.190. The van der Waals surface area contributed by atoms with Crippen LogP contribution in [0, 0.1) is 5.41 Å². The molecule has 0 saturated heterocycles. The molecule has 4 rings (SSSR count). The summed E-state index contributed by atoms with van der Waals surface area (Å²) in [5.74, 6) is 0.482. The number of carbonyl (C=O) groups is 1. The average molecular weight is 376 g/mol. The number of hydrogen-bond donors (Lipinski definition) is 3. The van der Waals surface area contributed by atoms with Gasteiger partial charge in [-0.15, -0.1) is 0 Å². The lowest BCUT2D eigenvalue weighted by Crippen LogP contribution is -2.26. The monoisotopic (exact) mass is 376 g/mol. The van der Waals surface area contributed by atoms with Crippen LogP contribution in [0.1, 0.15) is 18.3 Å². The number of aromatic nitrogens is 2. The lowest BCUT2D eigenvalue weighted by atomic mass is 10.1. The highest BCUT2D eigenvalue weighted by Crippen LogP contribution is 2.31. The Bertz CT molecular complexity index is 1050. The number of carbonyl (C=O) groups excluding carboxylic acids is 1. The number of aliphatic hydroxyl groups is 1. The molecule has 0 amide bonds. The summed E-state index contributed by atoms with van der Waals surface area (Å²) in [4.78, 5) is 21.0. The zero-order valence-electron chi connectivity index (χ0n) is 15.4. The number of ether oxygens (including phenoxy) is 1. The molecule has 2 heterocycles. The van der Waals surface area contributed by atoms with E-state index in [1.807, 2.05) is 48.5 Å². The molecule has 0 unspecified atom stereocenters. The predicted octanol–water partition coefficient (Wildman–Crippen LogP) is 3.44. The van der Waals surface area contributed by atoms with E-state index in [0.29, 0.717) is 18.0 Å². The van der Waals surface area contributed by atoms with Crippen molar-refractivity contribution in [3.63, 3.8) is 0 Å². The molecule has 0 atom stereocenters. The highest BCUT2D eigenvalue weighted by atomic mass is 16.5. The zero-order chi connectivity index (χ0) is 19.7. The third-order valence-corrected chi connectivity index (χ3v) is 4.63. The van der Waals surface area contributed by atoms with Crippen molar-refractivity contribution in [2.45, 2.75) is 13.3 Å². The molecule has 0 saturated carbocycles. The molecule has 7 nitrogen and oxygen atoms in total. The number of benzene rings is 2. The van der Waals surface area contributed by atoms with Crippen molar-refractivity contribution in [2.75, 3.05) is 18.1 Å². The van der Waals surface area contributed by atoms with Gasteiger partial charge in [0.15, 0.2) is 0 Å². The Labute approximate surface area is 161 Å². The summed E-state index contributed by atoms with van der Waals surface area (Å²) < 4.78 is 4.96. The van der Waals surface area contributed by atoms with E-state index in [0.717, 1.165) is 22.3 Å². The Hall–Kier alpha value is -3.61. The molecule has 1 aliphatic rings. The Balaban J connectivity index is 1.55. The highest BCUT2D eigenvalue weighted by Gasteiger charge is 2.31. The van der Waals surface area contributed by atoms with Crippen LogP contribution in [0.25, 0.3) is 16.6 Å².